The number of aromatic amines is 1. The number of nitrogens with zero attached hydrogens (tertiary/aromatic N) is 7. The Morgan fingerprint density at radius 1 is 0.954 bits per heavy atom. The SMILES string of the molecule is CC[S@@](=N)(=O)c1ccc(-n2ccn(-c3c4c(nn3-c3ccc(F)c(C5CC5)c3)CCN(C(=O)c3cc5cc(C6CCOCC6)ccc5n3[C@@]3(c5noc(=O)[nH]5)C[C@@H]3C)[C@H]4C)c2=O)c(F)c1. The average molecular weight is 904 g/mol. The predicted octanol–water partition coefficient (Wildman–Crippen LogP) is 7.46. The van der Waals surface area contributed by atoms with Crippen molar-refractivity contribution >= 4 is 26.5 Å². The number of nitrogens with one attached hydrogen (secondary N) is 2. The normalized spacial score (nSPS) is 22.0. The first kappa shape index (κ1) is 41.3. The molecule has 1 saturated heterocycles. The lowest BCUT2D eigenvalue weighted by molar-refractivity contribution is 0.0663. The zero-order valence-electron chi connectivity index (χ0n) is 36.1. The second-order valence-electron chi connectivity index (χ2n) is 17.9. The van der Waals surface area contributed by atoms with Gasteiger partial charge in [0.05, 0.1) is 37.7 Å². The number of H-pyrrole nitrogens is 1. The standard InChI is InChI=1S/C47H47F2N9O6S/c1-4-65(50,62)33-9-12-39(36(49)24-33)55-17-18-56(46(55)61)42-41-27(3)54(16-13-37(41)52-58(42)32-8-10-35(48)34(23-32)29-5-6-29)43(59)40-22-31-21-30(28-14-19-63-20-15-28)7-11-38(31)57(40)47(25-26(47)2)44-51-45(60)64-53-44/h7-12,17-18,21-24,26-29,50H,4-6,13-16,19-20,25H2,1-3H3,(H,51,53,60)/t26-,27-,47-,65+/m0/s1. The monoisotopic (exact) mass is 903 g/mol. The van der Waals surface area contributed by atoms with Crippen LogP contribution in [-0.2, 0) is 26.4 Å². The third kappa shape index (κ3) is 6.57. The van der Waals surface area contributed by atoms with Gasteiger partial charge in [-0.05, 0) is 123 Å². The number of fused-ring (bicyclic) bond motifs is 2. The van der Waals surface area contributed by atoms with Gasteiger partial charge in [0.15, 0.2) is 5.82 Å². The van der Waals surface area contributed by atoms with Crippen LogP contribution < -0.4 is 11.4 Å². The zero-order chi connectivity index (χ0) is 45.1. The lowest BCUT2D eigenvalue weighted by Gasteiger charge is -2.34. The van der Waals surface area contributed by atoms with Gasteiger partial charge in [0.1, 0.15) is 28.7 Å². The number of halogens is 2. The van der Waals surface area contributed by atoms with Crippen LogP contribution in [0.15, 0.2) is 92.1 Å². The van der Waals surface area contributed by atoms with E-state index in [2.05, 4.69) is 22.3 Å². The number of hydrogen-bond acceptors (Lipinski definition) is 9. The van der Waals surface area contributed by atoms with E-state index in [1.54, 1.807) is 28.6 Å². The van der Waals surface area contributed by atoms with E-state index < -0.39 is 38.6 Å². The first-order valence-electron chi connectivity index (χ1n) is 22.2. The largest absolute Gasteiger partial charge is 0.438 e. The van der Waals surface area contributed by atoms with Gasteiger partial charge >= 0.3 is 11.4 Å². The lowest BCUT2D eigenvalue weighted by atomic mass is 9.91. The van der Waals surface area contributed by atoms with Crippen molar-refractivity contribution in [3.63, 3.8) is 0 Å². The first-order valence-corrected chi connectivity index (χ1v) is 23.9. The predicted molar refractivity (Wildman–Crippen MR) is 236 cm³/mol. The molecule has 2 saturated carbocycles. The average Bonchev–Trinajstić information content (AvgIpc) is 4.02. The van der Waals surface area contributed by atoms with E-state index in [9.17, 15) is 13.8 Å². The summed E-state index contributed by atoms with van der Waals surface area (Å²) in [5, 5.41) is 10.1. The molecule has 0 spiro atoms. The van der Waals surface area contributed by atoms with Crippen LogP contribution in [-0.4, -0.2) is 74.1 Å². The summed E-state index contributed by atoms with van der Waals surface area (Å²) in [5.74, 6) is -1.08. The van der Waals surface area contributed by atoms with Gasteiger partial charge in [0, 0.05) is 60.8 Å². The molecule has 15 nitrogen and oxygen atoms in total. The zero-order valence-corrected chi connectivity index (χ0v) is 36.9. The van der Waals surface area contributed by atoms with E-state index in [4.69, 9.17) is 19.1 Å². The fourth-order valence-electron chi connectivity index (χ4n) is 10.3. The molecule has 4 aliphatic rings. The number of hydrogen-bond donors (Lipinski definition) is 2. The number of rotatable bonds is 10. The second kappa shape index (κ2) is 15.1. The summed E-state index contributed by atoms with van der Waals surface area (Å²) in [4.78, 5) is 47.1. The van der Waals surface area contributed by atoms with Crippen LogP contribution in [0.5, 0.6) is 0 Å². The van der Waals surface area contributed by atoms with Crippen LogP contribution in [0.3, 0.4) is 0 Å². The number of aromatic nitrogens is 7. The molecule has 336 valence electrons. The van der Waals surface area contributed by atoms with Gasteiger partial charge in [0.25, 0.3) is 5.91 Å². The fourth-order valence-corrected chi connectivity index (χ4v) is 11.2. The summed E-state index contributed by atoms with van der Waals surface area (Å²) < 4.78 is 68.8. The number of benzene rings is 3. The summed E-state index contributed by atoms with van der Waals surface area (Å²) in [6.07, 6.45) is 7.36. The molecule has 11 rings (SSSR count). The van der Waals surface area contributed by atoms with E-state index >= 15 is 13.6 Å². The first-order chi connectivity index (χ1) is 31.3. The quantitative estimate of drug-likeness (QED) is 0.142. The van der Waals surface area contributed by atoms with Crippen LogP contribution in [0.25, 0.3) is 28.1 Å². The molecule has 3 fully saturated rings. The molecule has 18 heteroatoms. The third-order valence-electron chi connectivity index (χ3n) is 14.2. The van der Waals surface area contributed by atoms with Gasteiger partial charge in [-0.15, -0.1) is 0 Å². The summed E-state index contributed by atoms with van der Waals surface area (Å²) >= 11 is 0. The smallest absolute Gasteiger partial charge is 0.381 e. The van der Waals surface area contributed by atoms with E-state index in [0.29, 0.717) is 71.8 Å². The highest BCUT2D eigenvalue weighted by Gasteiger charge is 2.59. The molecule has 7 aromatic rings. The molecule has 2 aliphatic heterocycles. The van der Waals surface area contributed by atoms with E-state index in [-0.39, 0.29) is 46.4 Å². The van der Waals surface area contributed by atoms with Gasteiger partial charge in [-0.25, -0.2) is 32.0 Å². The van der Waals surface area contributed by atoms with Gasteiger partial charge in [0.2, 0.25) is 0 Å². The minimum absolute atomic E-state index is 0.00299. The Balaban J connectivity index is 1.05. The van der Waals surface area contributed by atoms with Crippen molar-refractivity contribution in [2.24, 2.45) is 5.92 Å². The number of carbonyl (C=O) groups excluding carboxylic acids is 1. The summed E-state index contributed by atoms with van der Waals surface area (Å²) in [5.41, 5.74) is 3.08. The Hall–Kier alpha value is -6.40. The molecule has 6 heterocycles. The lowest BCUT2D eigenvalue weighted by Crippen LogP contribution is -2.41. The number of carbonyl (C=O) groups is 1. The van der Waals surface area contributed by atoms with Crippen molar-refractivity contribution in [3.8, 4) is 17.2 Å². The van der Waals surface area contributed by atoms with Crippen LogP contribution in [0.1, 0.15) is 109 Å². The van der Waals surface area contributed by atoms with Crippen LogP contribution in [0.4, 0.5) is 8.78 Å². The maximum absolute atomic E-state index is 15.8. The minimum Gasteiger partial charge on any atom is -0.381 e. The fraction of sp³-hybridized carbons (Fsp3) is 0.383. The second-order valence-corrected chi connectivity index (χ2v) is 20.3. The maximum Gasteiger partial charge on any atom is 0.438 e. The molecular formula is C47H47F2N9O6S. The summed E-state index contributed by atoms with van der Waals surface area (Å²) in [7, 11) is -3.22. The van der Waals surface area contributed by atoms with E-state index in [0.717, 1.165) is 52.8 Å². The van der Waals surface area contributed by atoms with Gasteiger partial charge in [-0.2, -0.15) is 5.10 Å². The third-order valence-corrected chi connectivity index (χ3v) is 16.0. The molecule has 1 amide bonds. The Morgan fingerprint density at radius 2 is 1.72 bits per heavy atom. The van der Waals surface area contributed by atoms with Crippen molar-refractivity contribution in [1.29, 1.82) is 4.78 Å². The highest BCUT2D eigenvalue weighted by Crippen LogP contribution is 2.56. The van der Waals surface area contributed by atoms with E-state index in [1.807, 2.05) is 30.5 Å². The summed E-state index contributed by atoms with van der Waals surface area (Å²) in [6, 6.07) is 16.1. The van der Waals surface area contributed by atoms with Crippen LogP contribution >= 0.6 is 0 Å². The minimum atomic E-state index is -3.22. The molecule has 0 bridgehead atoms. The molecule has 4 aromatic heterocycles. The molecule has 2 N–H and O–H groups in total. The maximum atomic E-state index is 15.8. The Morgan fingerprint density at radius 3 is 2.42 bits per heavy atom. The molecule has 4 atom stereocenters. The van der Waals surface area contributed by atoms with Gasteiger partial charge in [-0.3, -0.25) is 23.4 Å². The van der Waals surface area contributed by atoms with Crippen molar-refractivity contribution in [2.75, 3.05) is 25.5 Å². The van der Waals surface area contributed by atoms with Crippen molar-refractivity contribution in [1.82, 2.24) is 38.5 Å². The van der Waals surface area contributed by atoms with Crippen LogP contribution in [0.2, 0.25) is 0 Å². The molecule has 65 heavy (non-hydrogen) atoms. The molecule has 0 unspecified atom stereocenters. The Kier molecular flexibility index (Phi) is 9.59. The summed E-state index contributed by atoms with van der Waals surface area (Å²) in [6.45, 7) is 7.17. The highest BCUT2D eigenvalue weighted by molar-refractivity contribution is 7.92. The van der Waals surface area contributed by atoms with Crippen molar-refractivity contribution in [2.45, 2.75) is 87.6 Å². The van der Waals surface area contributed by atoms with Gasteiger partial charge < -0.3 is 14.2 Å². The van der Waals surface area contributed by atoms with Crippen molar-refractivity contribution in [3.05, 3.63) is 140 Å². The molecule has 3 aromatic carbocycles. The van der Waals surface area contributed by atoms with E-state index in [1.165, 1.54) is 35.2 Å². The molecular weight excluding hydrogens is 857 g/mol. The number of amides is 1. The van der Waals surface area contributed by atoms with Gasteiger partial charge in [-0.1, -0.05) is 25.1 Å². The highest BCUT2D eigenvalue weighted by atomic mass is 32.2. The Bertz CT molecular complexity index is 3310. The number of ether oxygens (including phenoxy) is 1. The molecule has 0 radical (unpaired) electrons. The number of imidazole rings is 1. The molecule has 2 aliphatic carbocycles. The topological polar surface area (TPSA) is 179 Å². The van der Waals surface area contributed by atoms with Crippen molar-refractivity contribution < 1.29 is 27.0 Å². The Labute approximate surface area is 371 Å². The van der Waals surface area contributed by atoms with Crippen LogP contribution in [0, 0.1) is 22.3 Å².